The summed E-state index contributed by atoms with van der Waals surface area (Å²) in [6.45, 7) is 3.71. The van der Waals surface area contributed by atoms with E-state index in [-0.39, 0.29) is 11.8 Å². The van der Waals surface area contributed by atoms with Crippen LogP contribution in [0.3, 0.4) is 0 Å². The topological polar surface area (TPSA) is 92.9 Å². The van der Waals surface area contributed by atoms with Crippen LogP contribution >= 0.6 is 0 Å². The number of aromatic nitrogens is 4. The van der Waals surface area contributed by atoms with Crippen LogP contribution in [0.4, 0.5) is 10.3 Å². The third kappa shape index (κ3) is 2.95. The second-order valence-corrected chi connectivity index (χ2v) is 7.00. The molecule has 4 aromatic rings. The average molecular weight is 372 g/mol. The number of hydrogen-bond donors (Lipinski definition) is 1. The molecule has 2 N–H and O–H groups in total. The molecule has 0 radical (unpaired) electrons. The third-order valence-corrected chi connectivity index (χ3v) is 4.66. The first kappa shape index (κ1) is 17.6. The standard InChI is InChI=1S/C21H17FN6/c1-21(2,12-23)14-8-10-28-17(11-14)27-18(13-3-5-15(22)6-4-13)19(28)16-7-9-25-20(24)26-16/h3-11H,1-2H3,(H2,24,25,26). The van der Waals surface area contributed by atoms with Gasteiger partial charge in [-0.1, -0.05) is 0 Å². The Balaban J connectivity index is 2.02. The minimum atomic E-state index is -0.650. The van der Waals surface area contributed by atoms with Crippen LogP contribution in [-0.2, 0) is 5.41 Å². The van der Waals surface area contributed by atoms with Crippen molar-refractivity contribution >= 4 is 11.6 Å². The first-order valence-electron chi connectivity index (χ1n) is 8.68. The van der Waals surface area contributed by atoms with Crippen LogP contribution in [0.25, 0.3) is 28.3 Å². The van der Waals surface area contributed by atoms with Gasteiger partial charge in [0.1, 0.15) is 11.5 Å². The molecule has 1 aromatic carbocycles. The number of nitrogen functional groups attached to an aromatic ring is 1. The summed E-state index contributed by atoms with van der Waals surface area (Å²) in [5.41, 5.74) is 9.36. The zero-order chi connectivity index (χ0) is 19.9. The molecule has 28 heavy (non-hydrogen) atoms. The van der Waals surface area contributed by atoms with Crippen LogP contribution in [0.15, 0.2) is 54.9 Å². The molecule has 3 aromatic heterocycles. The van der Waals surface area contributed by atoms with Gasteiger partial charge in [0.2, 0.25) is 5.95 Å². The zero-order valence-electron chi connectivity index (χ0n) is 15.4. The highest BCUT2D eigenvalue weighted by atomic mass is 19.1. The SMILES string of the molecule is CC(C)(C#N)c1ccn2c(-c3ccnc(N)n3)c(-c3ccc(F)cc3)nc2c1. The zero-order valence-corrected chi connectivity index (χ0v) is 15.4. The molecule has 0 bridgehead atoms. The normalized spacial score (nSPS) is 11.5. The van der Waals surface area contributed by atoms with Crippen LogP contribution < -0.4 is 5.73 Å². The van der Waals surface area contributed by atoms with Gasteiger partial charge >= 0.3 is 0 Å². The van der Waals surface area contributed by atoms with Gasteiger partial charge in [0.05, 0.1) is 28.6 Å². The molecule has 6 nitrogen and oxygen atoms in total. The van der Waals surface area contributed by atoms with Gasteiger partial charge in [-0.2, -0.15) is 5.26 Å². The fourth-order valence-corrected chi connectivity index (χ4v) is 3.06. The number of nitrogens with zero attached hydrogens (tertiary/aromatic N) is 5. The molecular weight excluding hydrogens is 355 g/mol. The van der Waals surface area contributed by atoms with Gasteiger partial charge in [-0.25, -0.2) is 19.3 Å². The summed E-state index contributed by atoms with van der Waals surface area (Å²) in [5.74, 6) is -0.168. The Morgan fingerprint density at radius 2 is 1.86 bits per heavy atom. The number of fused-ring (bicyclic) bond motifs is 1. The highest BCUT2D eigenvalue weighted by molar-refractivity contribution is 5.80. The lowest BCUT2D eigenvalue weighted by molar-refractivity contribution is 0.628. The smallest absolute Gasteiger partial charge is 0.220 e. The second kappa shape index (κ2) is 6.43. The van der Waals surface area contributed by atoms with Crippen LogP contribution in [0.2, 0.25) is 0 Å². The number of rotatable bonds is 3. The third-order valence-electron chi connectivity index (χ3n) is 4.66. The molecule has 0 atom stereocenters. The molecule has 0 aliphatic carbocycles. The Bertz CT molecular complexity index is 1220. The van der Waals surface area contributed by atoms with Crippen molar-refractivity contribution in [3.05, 3.63) is 66.2 Å². The lowest BCUT2D eigenvalue weighted by Crippen LogP contribution is -2.14. The van der Waals surface area contributed by atoms with Crippen molar-refractivity contribution in [3.8, 4) is 28.7 Å². The maximum atomic E-state index is 13.4. The van der Waals surface area contributed by atoms with E-state index in [0.29, 0.717) is 17.0 Å². The highest BCUT2D eigenvalue weighted by Crippen LogP contribution is 2.33. The molecule has 0 unspecified atom stereocenters. The van der Waals surface area contributed by atoms with Crippen molar-refractivity contribution in [3.63, 3.8) is 0 Å². The number of hydrogen-bond acceptors (Lipinski definition) is 5. The number of anilines is 1. The van der Waals surface area contributed by atoms with Crippen molar-refractivity contribution in [1.82, 2.24) is 19.4 Å². The summed E-state index contributed by atoms with van der Waals surface area (Å²) < 4.78 is 15.3. The first-order chi connectivity index (χ1) is 13.4. The second-order valence-electron chi connectivity index (χ2n) is 7.00. The number of benzene rings is 1. The molecule has 7 heteroatoms. The minimum Gasteiger partial charge on any atom is -0.368 e. The maximum Gasteiger partial charge on any atom is 0.220 e. The van der Waals surface area contributed by atoms with Crippen molar-refractivity contribution < 1.29 is 4.39 Å². The predicted octanol–water partition coefficient (Wildman–Crippen LogP) is 3.98. The Morgan fingerprint density at radius 1 is 1.11 bits per heavy atom. The summed E-state index contributed by atoms with van der Waals surface area (Å²) in [7, 11) is 0. The molecule has 0 saturated heterocycles. The number of nitrogens with two attached hydrogens (primary N) is 1. The largest absolute Gasteiger partial charge is 0.368 e. The van der Waals surface area contributed by atoms with Gasteiger partial charge in [0.15, 0.2) is 0 Å². The number of pyridine rings is 1. The van der Waals surface area contributed by atoms with E-state index in [1.807, 2.05) is 36.6 Å². The summed E-state index contributed by atoms with van der Waals surface area (Å²) in [6.07, 6.45) is 3.44. The van der Waals surface area contributed by atoms with Crippen molar-refractivity contribution in [1.29, 1.82) is 5.26 Å². The Kier molecular flexibility index (Phi) is 4.04. The van der Waals surface area contributed by atoms with Crippen LogP contribution in [-0.4, -0.2) is 19.4 Å². The Hall–Kier alpha value is -3.79. The van der Waals surface area contributed by atoms with Gasteiger partial charge < -0.3 is 5.73 Å². The predicted molar refractivity (Wildman–Crippen MR) is 105 cm³/mol. The summed E-state index contributed by atoms with van der Waals surface area (Å²) >= 11 is 0. The highest BCUT2D eigenvalue weighted by Gasteiger charge is 2.23. The number of nitriles is 1. The van der Waals surface area contributed by atoms with E-state index in [4.69, 9.17) is 10.7 Å². The quantitative estimate of drug-likeness (QED) is 0.587. The fourth-order valence-electron chi connectivity index (χ4n) is 3.06. The first-order valence-corrected chi connectivity index (χ1v) is 8.68. The molecule has 0 amide bonds. The van der Waals surface area contributed by atoms with E-state index >= 15 is 0 Å². The molecule has 138 valence electrons. The van der Waals surface area contributed by atoms with Crippen LogP contribution in [0, 0.1) is 17.1 Å². The summed E-state index contributed by atoms with van der Waals surface area (Å²) in [5, 5.41) is 9.45. The molecule has 0 saturated carbocycles. The molecule has 3 heterocycles. The molecular formula is C21H17FN6. The van der Waals surface area contributed by atoms with Gasteiger partial charge in [-0.3, -0.25) is 4.40 Å². The van der Waals surface area contributed by atoms with Gasteiger partial charge in [-0.05, 0) is 61.9 Å². The van der Waals surface area contributed by atoms with Gasteiger partial charge in [0.25, 0.3) is 0 Å². The van der Waals surface area contributed by atoms with Crippen molar-refractivity contribution in [2.45, 2.75) is 19.3 Å². The monoisotopic (exact) mass is 372 g/mol. The minimum absolute atomic E-state index is 0.153. The molecule has 4 rings (SSSR count). The van der Waals surface area contributed by atoms with Crippen molar-refractivity contribution in [2.24, 2.45) is 0 Å². The Morgan fingerprint density at radius 3 is 2.54 bits per heavy atom. The van der Waals surface area contributed by atoms with E-state index in [9.17, 15) is 9.65 Å². The average Bonchev–Trinajstić information content (AvgIpc) is 3.07. The number of imidazole rings is 1. The van der Waals surface area contributed by atoms with Gasteiger partial charge in [-0.15, -0.1) is 0 Å². The van der Waals surface area contributed by atoms with E-state index < -0.39 is 5.41 Å². The summed E-state index contributed by atoms with van der Waals surface area (Å²) in [4.78, 5) is 13.0. The van der Waals surface area contributed by atoms with E-state index in [2.05, 4.69) is 16.0 Å². The van der Waals surface area contributed by atoms with Crippen LogP contribution in [0.5, 0.6) is 0 Å². The lowest BCUT2D eigenvalue weighted by atomic mass is 9.87. The Labute approximate surface area is 161 Å². The summed E-state index contributed by atoms with van der Waals surface area (Å²) in [6, 6.07) is 13.9. The fraction of sp³-hybridized carbons (Fsp3) is 0.143. The molecule has 0 fully saturated rings. The molecule has 0 aliphatic heterocycles. The van der Waals surface area contributed by atoms with Crippen LogP contribution in [0.1, 0.15) is 19.4 Å². The van der Waals surface area contributed by atoms with Gasteiger partial charge in [0, 0.05) is 18.0 Å². The van der Waals surface area contributed by atoms with E-state index in [1.54, 1.807) is 24.4 Å². The van der Waals surface area contributed by atoms with E-state index in [1.165, 1.54) is 12.1 Å². The van der Waals surface area contributed by atoms with E-state index in [0.717, 1.165) is 16.8 Å². The number of halogens is 1. The molecule has 0 aliphatic rings. The van der Waals surface area contributed by atoms with Crippen molar-refractivity contribution in [2.75, 3.05) is 5.73 Å². The lowest BCUT2D eigenvalue weighted by Gasteiger charge is -2.15. The maximum absolute atomic E-state index is 13.4. The molecule has 0 spiro atoms.